The van der Waals surface area contributed by atoms with Gasteiger partial charge in [-0.2, -0.15) is 0 Å². The van der Waals surface area contributed by atoms with E-state index in [2.05, 4.69) is 10.3 Å². The molecule has 0 fully saturated rings. The van der Waals surface area contributed by atoms with Crippen LogP contribution in [-0.2, 0) is 6.42 Å². The molecule has 2 rings (SSSR count). The first-order valence-corrected chi connectivity index (χ1v) is 6.29. The van der Waals surface area contributed by atoms with Crippen LogP contribution in [0.25, 0.3) is 5.69 Å². The predicted octanol–water partition coefficient (Wildman–Crippen LogP) is 2.57. The van der Waals surface area contributed by atoms with Gasteiger partial charge in [0, 0.05) is 23.9 Å². The van der Waals surface area contributed by atoms with Crippen LogP contribution in [0.15, 0.2) is 18.3 Å². The summed E-state index contributed by atoms with van der Waals surface area (Å²) in [5.41, 5.74) is 3.07. The number of nitro groups is 1. The molecule has 1 aromatic carbocycles. The third kappa shape index (κ3) is 2.73. The summed E-state index contributed by atoms with van der Waals surface area (Å²) in [5, 5.41) is 18.9. The number of hydrogen-bond donors (Lipinski definition) is 0. The largest absolute Gasteiger partial charge is 0.272 e. The number of aromatic nitrogens is 3. The Labute approximate surface area is 115 Å². The molecule has 100 valence electrons. The van der Waals surface area contributed by atoms with Gasteiger partial charge in [-0.25, -0.2) is 4.68 Å². The third-order valence-corrected chi connectivity index (χ3v) is 3.04. The molecule has 19 heavy (non-hydrogen) atoms. The zero-order valence-electron chi connectivity index (χ0n) is 10.6. The van der Waals surface area contributed by atoms with Crippen molar-refractivity contribution in [2.24, 2.45) is 0 Å². The second-order valence-corrected chi connectivity index (χ2v) is 4.65. The minimum Gasteiger partial charge on any atom is -0.258 e. The minimum atomic E-state index is -0.383. The highest BCUT2D eigenvalue weighted by molar-refractivity contribution is 6.17. The van der Waals surface area contributed by atoms with Crippen LogP contribution in [0, 0.1) is 24.0 Å². The van der Waals surface area contributed by atoms with Crippen molar-refractivity contribution in [3.05, 3.63) is 45.3 Å². The van der Waals surface area contributed by atoms with E-state index in [1.807, 2.05) is 6.92 Å². The summed E-state index contributed by atoms with van der Waals surface area (Å²) in [7, 11) is 0. The van der Waals surface area contributed by atoms with Gasteiger partial charge in [0.2, 0.25) is 0 Å². The van der Waals surface area contributed by atoms with Crippen molar-refractivity contribution in [2.45, 2.75) is 20.3 Å². The summed E-state index contributed by atoms with van der Waals surface area (Å²) in [5.74, 6) is 0.483. The summed E-state index contributed by atoms with van der Waals surface area (Å²) >= 11 is 5.65. The molecule has 0 aliphatic carbocycles. The Bertz CT molecular complexity index is 624. The number of halogens is 1. The fourth-order valence-electron chi connectivity index (χ4n) is 1.86. The Balaban J connectivity index is 2.44. The van der Waals surface area contributed by atoms with Crippen LogP contribution in [0.1, 0.15) is 16.8 Å². The maximum Gasteiger partial charge on any atom is 0.272 e. The molecule has 7 heteroatoms. The summed E-state index contributed by atoms with van der Waals surface area (Å²) in [6.07, 6.45) is 2.43. The van der Waals surface area contributed by atoms with Gasteiger partial charge in [-0.3, -0.25) is 10.1 Å². The minimum absolute atomic E-state index is 0.113. The van der Waals surface area contributed by atoms with E-state index >= 15 is 0 Å². The molecule has 1 aromatic heterocycles. The van der Waals surface area contributed by atoms with Crippen molar-refractivity contribution in [1.82, 2.24) is 15.0 Å². The summed E-state index contributed by atoms with van der Waals surface area (Å²) in [4.78, 5) is 10.5. The second-order valence-electron chi connectivity index (χ2n) is 4.28. The number of rotatable bonds is 4. The average molecular weight is 281 g/mol. The Morgan fingerprint density at radius 1 is 1.37 bits per heavy atom. The topological polar surface area (TPSA) is 73.8 Å². The molecule has 0 aliphatic rings. The summed E-state index contributed by atoms with van der Waals surface area (Å²) < 4.78 is 1.62. The van der Waals surface area contributed by atoms with Gasteiger partial charge in [0.05, 0.1) is 22.5 Å². The number of nitrogens with zero attached hydrogens (tertiary/aromatic N) is 4. The molecule has 6 nitrogen and oxygen atoms in total. The van der Waals surface area contributed by atoms with Crippen LogP contribution in [0.3, 0.4) is 0 Å². The SMILES string of the molecule is Cc1cc([N+](=O)[O-])c(C)cc1-n1cc(CCCl)nn1. The van der Waals surface area contributed by atoms with E-state index in [0.29, 0.717) is 17.9 Å². The number of alkyl halides is 1. The maximum atomic E-state index is 10.9. The lowest BCUT2D eigenvalue weighted by atomic mass is 10.1. The van der Waals surface area contributed by atoms with E-state index in [0.717, 1.165) is 16.9 Å². The van der Waals surface area contributed by atoms with Gasteiger partial charge in [-0.05, 0) is 25.5 Å². The van der Waals surface area contributed by atoms with Crippen LogP contribution in [0.2, 0.25) is 0 Å². The van der Waals surface area contributed by atoms with Gasteiger partial charge in [0.1, 0.15) is 0 Å². The lowest BCUT2D eigenvalue weighted by Gasteiger charge is -2.06. The first-order valence-electron chi connectivity index (χ1n) is 5.76. The Morgan fingerprint density at radius 3 is 2.74 bits per heavy atom. The van der Waals surface area contributed by atoms with Crippen LogP contribution in [0.4, 0.5) is 5.69 Å². The summed E-state index contributed by atoms with van der Waals surface area (Å²) in [6, 6.07) is 3.29. The third-order valence-electron chi connectivity index (χ3n) is 2.85. The van der Waals surface area contributed by atoms with Gasteiger partial charge in [-0.15, -0.1) is 16.7 Å². The quantitative estimate of drug-likeness (QED) is 0.490. The fraction of sp³-hybridized carbons (Fsp3) is 0.333. The molecule has 0 aliphatic heterocycles. The zero-order chi connectivity index (χ0) is 14.0. The second kappa shape index (κ2) is 5.36. The van der Waals surface area contributed by atoms with Gasteiger partial charge in [-0.1, -0.05) is 5.21 Å². The lowest BCUT2D eigenvalue weighted by molar-refractivity contribution is -0.385. The molecule has 0 saturated carbocycles. The zero-order valence-corrected chi connectivity index (χ0v) is 11.4. The maximum absolute atomic E-state index is 10.9. The molecule has 0 atom stereocenters. The van der Waals surface area contributed by atoms with Gasteiger partial charge in [0.25, 0.3) is 5.69 Å². The molecule has 0 amide bonds. The number of aryl methyl sites for hydroxylation is 3. The van der Waals surface area contributed by atoms with Crippen LogP contribution < -0.4 is 0 Å². The Morgan fingerprint density at radius 2 is 2.11 bits per heavy atom. The first kappa shape index (κ1) is 13.5. The average Bonchev–Trinajstić information content (AvgIpc) is 2.80. The predicted molar refractivity (Wildman–Crippen MR) is 71.9 cm³/mol. The van der Waals surface area contributed by atoms with E-state index < -0.39 is 0 Å². The molecule has 1 heterocycles. The van der Waals surface area contributed by atoms with Crippen LogP contribution in [0.5, 0.6) is 0 Å². The van der Waals surface area contributed by atoms with Crippen LogP contribution >= 0.6 is 11.6 Å². The molecule has 2 aromatic rings. The van der Waals surface area contributed by atoms with E-state index in [1.165, 1.54) is 0 Å². The number of hydrogen-bond acceptors (Lipinski definition) is 4. The number of nitro benzene ring substituents is 1. The monoisotopic (exact) mass is 280 g/mol. The van der Waals surface area contributed by atoms with Crippen molar-refractivity contribution in [3.63, 3.8) is 0 Å². The van der Waals surface area contributed by atoms with E-state index in [1.54, 1.807) is 29.9 Å². The standard InChI is InChI=1S/C12H13ClN4O2/c1-8-6-12(17(18)19)9(2)5-11(8)16-7-10(3-4-13)14-15-16/h5-7H,3-4H2,1-2H3. The molecular weight excluding hydrogens is 268 g/mol. The Hall–Kier alpha value is -1.95. The van der Waals surface area contributed by atoms with Crippen molar-refractivity contribution in [2.75, 3.05) is 5.88 Å². The van der Waals surface area contributed by atoms with Crippen molar-refractivity contribution in [1.29, 1.82) is 0 Å². The van der Waals surface area contributed by atoms with E-state index in [-0.39, 0.29) is 10.6 Å². The Kier molecular flexibility index (Phi) is 3.80. The summed E-state index contributed by atoms with van der Waals surface area (Å²) in [6.45, 7) is 3.52. The molecule has 0 bridgehead atoms. The molecule has 0 N–H and O–H groups in total. The van der Waals surface area contributed by atoms with Crippen molar-refractivity contribution in [3.8, 4) is 5.69 Å². The van der Waals surface area contributed by atoms with E-state index in [4.69, 9.17) is 11.6 Å². The van der Waals surface area contributed by atoms with E-state index in [9.17, 15) is 10.1 Å². The normalized spacial score (nSPS) is 10.7. The van der Waals surface area contributed by atoms with Gasteiger partial charge < -0.3 is 0 Å². The highest BCUT2D eigenvalue weighted by atomic mass is 35.5. The highest BCUT2D eigenvalue weighted by Crippen LogP contribution is 2.24. The van der Waals surface area contributed by atoms with Gasteiger partial charge in [0.15, 0.2) is 0 Å². The first-order chi connectivity index (χ1) is 9.02. The molecule has 0 spiro atoms. The van der Waals surface area contributed by atoms with Crippen molar-refractivity contribution >= 4 is 17.3 Å². The van der Waals surface area contributed by atoms with Crippen molar-refractivity contribution < 1.29 is 4.92 Å². The van der Waals surface area contributed by atoms with Crippen LogP contribution in [-0.4, -0.2) is 25.8 Å². The molecular formula is C12H13ClN4O2. The molecule has 0 unspecified atom stereocenters. The number of benzene rings is 1. The van der Waals surface area contributed by atoms with Gasteiger partial charge >= 0.3 is 0 Å². The lowest BCUT2D eigenvalue weighted by Crippen LogP contribution is -2.01. The smallest absolute Gasteiger partial charge is 0.258 e. The highest BCUT2D eigenvalue weighted by Gasteiger charge is 2.15. The molecule has 0 saturated heterocycles. The fourth-order valence-corrected chi connectivity index (χ4v) is 2.05. The molecule has 0 radical (unpaired) electrons.